The van der Waals surface area contributed by atoms with Gasteiger partial charge in [0.2, 0.25) is 0 Å². The summed E-state index contributed by atoms with van der Waals surface area (Å²) in [6.07, 6.45) is -0.931. The van der Waals surface area contributed by atoms with Crippen LogP contribution in [-0.4, -0.2) is 54.5 Å². The molecular formula is C41H51N3O4. The second-order valence-electron chi connectivity index (χ2n) is 14.0. The molecule has 7 nitrogen and oxygen atoms in total. The Kier molecular flexibility index (Phi) is 12.8. The molecule has 0 saturated carbocycles. The summed E-state index contributed by atoms with van der Waals surface area (Å²) in [5, 5.41) is 6.20. The van der Waals surface area contributed by atoms with Gasteiger partial charge in [-0.15, -0.1) is 0 Å². The van der Waals surface area contributed by atoms with Gasteiger partial charge in [-0.3, -0.25) is 0 Å². The largest absolute Gasteiger partial charge is 0.444 e. The van der Waals surface area contributed by atoms with Crippen molar-refractivity contribution in [3.63, 3.8) is 0 Å². The van der Waals surface area contributed by atoms with E-state index in [9.17, 15) is 9.59 Å². The first-order valence-electron chi connectivity index (χ1n) is 16.8. The van der Waals surface area contributed by atoms with Crippen LogP contribution in [0.1, 0.15) is 81.2 Å². The Bertz CT molecular complexity index is 1510. The van der Waals surface area contributed by atoms with Gasteiger partial charge in [-0.1, -0.05) is 115 Å². The third-order valence-corrected chi connectivity index (χ3v) is 7.74. The van der Waals surface area contributed by atoms with Crippen molar-refractivity contribution in [3.05, 3.63) is 143 Å². The summed E-state index contributed by atoms with van der Waals surface area (Å²) >= 11 is 0. The van der Waals surface area contributed by atoms with E-state index in [0.717, 1.165) is 5.56 Å². The third-order valence-electron chi connectivity index (χ3n) is 7.74. The molecule has 4 aromatic rings. The third kappa shape index (κ3) is 11.6. The standard InChI is InChI=1S/C41H51N3O4/c1-40(2,3)47-38(45)43-27-29-44(39(46)48-41(4,5)6)28-26-42-30-31-22-24-35(25-23-31)37(34-20-14-9-15-21-34)36(32-16-10-7-11-17-32)33-18-12-8-13-19-33/h7-25,36-37,42H,26-30H2,1-6H3,(H,43,45). The summed E-state index contributed by atoms with van der Waals surface area (Å²) in [7, 11) is 0. The van der Waals surface area contributed by atoms with Gasteiger partial charge in [-0.25, -0.2) is 9.59 Å². The van der Waals surface area contributed by atoms with Crippen LogP contribution in [0.2, 0.25) is 0 Å². The zero-order valence-electron chi connectivity index (χ0n) is 29.2. The van der Waals surface area contributed by atoms with E-state index < -0.39 is 23.4 Å². The van der Waals surface area contributed by atoms with Crippen LogP contribution in [0, 0.1) is 0 Å². The van der Waals surface area contributed by atoms with Crippen LogP contribution in [0.4, 0.5) is 9.59 Å². The molecule has 1 atom stereocenters. The van der Waals surface area contributed by atoms with Gasteiger partial charge < -0.3 is 25.0 Å². The normalized spacial score (nSPS) is 12.3. The predicted molar refractivity (Wildman–Crippen MR) is 193 cm³/mol. The number of alkyl carbamates (subject to hydrolysis) is 1. The van der Waals surface area contributed by atoms with Gasteiger partial charge in [0.15, 0.2) is 0 Å². The first-order valence-corrected chi connectivity index (χ1v) is 16.8. The van der Waals surface area contributed by atoms with Crippen molar-refractivity contribution in [1.29, 1.82) is 0 Å². The lowest BCUT2D eigenvalue weighted by molar-refractivity contribution is 0.0242. The highest BCUT2D eigenvalue weighted by Crippen LogP contribution is 2.42. The molecule has 0 fully saturated rings. The fourth-order valence-electron chi connectivity index (χ4n) is 5.65. The highest BCUT2D eigenvalue weighted by Gasteiger charge is 2.28. The Labute approximate surface area is 286 Å². The molecule has 0 aliphatic rings. The second kappa shape index (κ2) is 17.0. The van der Waals surface area contributed by atoms with Crippen molar-refractivity contribution in [2.75, 3.05) is 26.2 Å². The molecule has 0 spiro atoms. The van der Waals surface area contributed by atoms with Crippen molar-refractivity contribution in [2.24, 2.45) is 0 Å². The molecule has 254 valence electrons. The first-order chi connectivity index (χ1) is 22.9. The number of carbonyl (C=O) groups excluding carboxylic acids is 2. The van der Waals surface area contributed by atoms with Crippen molar-refractivity contribution < 1.29 is 19.1 Å². The molecule has 0 saturated heterocycles. The van der Waals surface area contributed by atoms with Crippen molar-refractivity contribution in [1.82, 2.24) is 15.5 Å². The highest BCUT2D eigenvalue weighted by atomic mass is 16.6. The molecule has 0 heterocycles. The molecule has 48 heavy (non-hydrogen) atoms. The SMILES string of the molecule is CC(C)(C)OC(=O)NCCN(CCNCc1ccc(C(c2ccccc2)C(c2ccccc2)c2ccccc2)cc1)C(=O)OC(C)(C)C. The summed E-state index contributed by atoms with van der Waals surface area (Å²) in [4.78, 5) is 26.6. The van der Waals surface area contributed by atoms with Crippen molar-refractivity contribution in [2.45, 2.75) is 71.1 Å². The van der Waals surface area contributed by atoms with Crippen LogP contribution in [0.5, 0.6) is 0 Å². The summed E-state index contributed by atoms with van der Waals surface area (Å²) in [5.41, 5.74) is 5.00. The number of nitrogens with one attached hydrogen (secondary N) is 2. The zero-order valence-corrected chi connectivity index (χ0v) is 29.2. The monoisotopic (exact) mass is 649 g/mol. The van der Waals surface area contributed by atoms with Crippen LogP contribution < -0.4 is 10.6 Å². The Balaban J connectivity index is 1.44. The van der Waals surface area contributed by atoms with E-state index in [1.54, 1.807) is 4.90 Å². The van der Waals surface area contributed by atoms with Crippen molar-refractivity contribution in [3.8, 4) is 0 Å². The maximum atomic E-state index is 12.9. The second-order valence-corrected chi connectivity index (χ2v) is 14.0. The number of benzene rings is 4. The topological polar surface area (TPSA) is 79.9 Å². The average molecular weight is 650 g/mol. The first kappa shape index (κ1) is 36.2. The molecule has 0 aliphatic carbocycles. The molecule has 7 heteroatoms. The van der Waals surface area contributed by atoms with E-state index in [1.165, 1.54) is 22.3 Å². The molecule has 1 unspecified atom stereocenters. The van der Waals surface area contributed by atoms with E-state index in [1.807, 2.05) is 41.5 Å². The van der Waals surface area contributed by atoms with Gasteiger partial charge in [-0.05, 0) is 69.4 Å². The maximum Gasteiger partial charge on any atom is 0.410 e. The van der Waals surface area contributed by atoms with E-state index in [0.29, 0.717) is 26.2 Å². The lowest BCUT2D eigenvalue weighted by Crippen LogP contribution is -2.44. The van der Waals surface area contributed by atoms with Crippen LogP contribution in [0.3, 0.4) is 0 Å². The minimum Gasteiger partial charge on any atom is -0.444 e. The Hall–Kier alpha value is -4.62. The highest BCUT2D eigenvalue weighted by molar-refractivity contribution is 5.69. The summed E-state index contributed by atoms with van der Waals surface area (Å²) < 4.78 is 10.9. The van der Waals surface area contributed by atoms with Gasteiger partial charge in [0.25, 0.3) is 0 Å². The van der Waals surface area contributed by atoms with Crippen LogP contribution in [-0.2, 0) is 16.0 Å². The zero-order chi connectivity index (χ0) is 34.6. The summed E-state index contributed by atoms with van der Waals surface area (Å²) in [5.74, 6) is 0.261. The van der Waals surface area contributed by atoms with Gasteiger partial charge in [0, 0.05) is 44.6 Å². The number of nitrogens with zero attached hydrogens (tertiary/aromatic N) is 1. The number of amides is 2. The Morgan fingerprint density at radius 1 is 0.583 bits per heavy atom. The molecule has 0 aliphatic heterocycles. The molecule has 2 amide bonds. The van der Waals surface area contributed by atoms with Gasteiger partial charge in [0.1, 0.15) is 11.2 Å². The Morgan fingerprint density at radius 2 is 1.00 bits per heavy atom. The molecular weight excluding hydrogens is 598 g/mol. The molecule has 4 rings (SSSR count). The number of ether oxygens (including phenoxy) is 2. The van der Waals surface area contributed by atoms with E-state index >= 15 is 0 Å². The maximum absolute atomic E-state index is 12.9. The minimum absolute atomic E-state index is 0.120. The van der Waals surface area contributed by atoms with Gasteiger partial charge in [0.05, 0.1) is 0 Å². The molecule has 0 bridgehead atoms. The molecule has 2 N–H and O–H groups in total. The number of rotatable bonds is 13. The van der Waals surface area contributed by atoms with E-state index in [2.05, 4.69) is 126 Å². The quantitative estimate of drug-likeness (QED) is 0.142. The number of hydrogen-bond acceptors (Lipinski definition) is 5. The van der Waals surface area contributed by atoms with Crippen molar-refractivity contribution >= 4 is 12.2 Å². The predicted octanol–water partition coefficient (Wildman–Crippen LogP) is 8.50. The van der Waals surface area contributed by atoms with Crippen LogP contribution in [0.25, 0.3) is 0 Å². The Morgan fingerprint density at radius 3 is 1.44 bits per heavy atom. The summed E-state index contributed by atoms with van der Waals surface area (Å²) in [6, 6.07) is 41.1. The molecule has 0 radical (unpaired) electrons. The summed E-state index contributed by atoms with van der Waals surface area (Å²) in [6.45, 7) is 13.2. The van der Waals surface area contributed by atoms with E-state index in [-0.39, 0.29) is 18.4 Å². The fraction of sp³-hybridized carbons (Fsp3) is 0.366. The minimum atomic E-state index is -0.624. The van der Waals surface area contributed by atoms with E-state index in [4.69, 9.17) is 9.47 Å². The van der Waals surface area contributed by atoms with Crippen LogP contribution >= 0.6 is 0 Å². The number of hydrogen-bond donors (Lipinski definition) is 2. The van der Waals surface area contributed by atoms with Crippen LogP contribution in [0.15, 0.2) is 115 Å². The lowest BCUT2D eigenvalue weighted by Gasteiger charge is -2.29. The molecule has 4 aromatic carbocycles. The van der Waals surface area contributed by atoms with Gasteiger partial charge >= 0.3 is 12.2 Å². The average Bonchev–Trinajstić information content (AvgIpc) is 3.04. The molecule has 0 aromatic heterocycles. The fourth-order valence-corrected chi connectivity index (χ4v) is 5.65. The lowest BCUT2D eigenvalue weighted by atomic mass is 9.73. The number of carbonyl (C=O) groups is 2. The smallest absolute Gasteiger partial charge is 0.410 e. The van der Waals surface area contributed by atoms with Gasteiger partial charge in [-0.2, -0.15) is 0 Å².